The normalized spacial score (nSPS) is 23.2. The minimum atomic E-state index is 0.0710. The maximum absolute atomic E-state index is 12.0. The fraction of sp³-hybridized carbons (Fsp3) is 0.923. The van der Waals surface area contributed by atoms with E-state index in [-0.39, 0.29) is 6.04 Å². The Morgan fingerprint density at radius 2 is 2.12 bits per heavy atom. The molecule has 0 spiro atoms. The predicted molar refractivity (Wildman–Crippen MR) is 67.3 cm³/mol. The van der Waals surface area contributed by atoms with Crippen molar-refractivity contribution in [2.45, 2.75) is 59.0 Å². The van der Waals surface area contributed by atoms with Gasteiger partial charge in [-0.2, -0.15) is 0 Å². The van der Waals surface area contributed by atoms with E-state index in [9.17, 15) is 4.79 Å². The van der Waals surface area contributed by atoms with Crippen LogP contribution in [-0.2, 0) is 4.79 Å². The largest absolute Gasteiger partial charge is 0.339 e. The number of hydrogen-bond acceptors (Lipinski definition) is 2. The molecule has 0 radical (unpaired) electrons. The number of rotatable bonds is 6. The molecule has 0 aromatic rings. The number of amides is 1. The molecule has 1 aliphatic rings. The summed E-state index contributed by atoms with van der Waals surface area (Å²) in [5.74, 6) is 0.963. The number of carbonyl (C=O) groups is 1. The van der Waals surface area contributed by atoms with E-state index in [1.54, 1.807) is 0 Å². The van der Waals surface area contributed by atoms with Crippen molar-refractivity contribution in [1.29, 1.82) is 0 Å². The Morgan fingerprint density at radius 1 is 1.44 bits per heavy atom. The molecule has 1 saturated heterocycles. The summed E-state index contributed by atoms with van der Waals surface area (Å²) in [6.45, 7) is 10.5. The van der Waals surface area contributed by atoms with Crippen LogP contribution in [0.15, 0.2) is 0 Å². The van der Waals surface area contributed by atoms with Crippen LogP contribution in [0.4, 0.5) is 0 Å². The molecule has 94 valence electrons. The molecule has 2 unspecified atom stereocenters. The number of nitrogens with one attached hydrogen (secondary N) is 1. The van der Waals surface area contributed by atoms with E-state index in [1.165, 1.54) is 12.8 Å². The fourth-order valence-electron chi connectivity index (χ4n) is 2.34. The van der Waals surface area contributed by atoms with Gasteiger partial charge in [-0.3, -0.25) is 4.79 Å². The summed E-state index contributed by atoms with van der Waals surface area (Å²) in [6.07, 6.45) is 3.43. The Hall–Kier alpha value is -0.570. The molecule has 1 rings (SSSR count). The first-order chi connectivity index (χ1) is 7.56. The molecule has 0 aromatic carbocycles. The van der Waals surface area contributed by atoms with E-state index < -0.39 is 0 Å². The molecule has 0 aromatic heterocycles. The summed E-state index contributed by atoms with van der Waals surface area (Å²) < 4.78 is 0. The maximum atomic E-state index is 12.0. The SMILES string of the molecule is CCCC(C)CNC1CCN(C(C)C)C1=O. The second kappa shape index (κ2) is 6.24. The third-order valence-corrected chi connectivity index (χ3v) is 3.36. The van der Waals surface area contributed by atoms with E-state index in [4.69, 9.17) is 0 Å². The van der Waals surface area contributed by atoms with Crippen LogP contribution in [0.2, 0.25) is 0 Å². The van der Waals surface area contributed by atoms with Crippen molar-refractivity contribution >= 4 is 5.91 Å². The van der Waals surface area contributed by atoms with Crippen molar-refractivity contribution in [3.63, 3.8) is 0 Å². The highest BCUT2D eigenvalue weighted by Gasteiger charge is 2.32. The van der Waals surface area contributed by atoms with E-state index in [1.807, 2.05) is 4.90 Å². The van der Waals surface area contributed by atoms with Crippen LogP contribution in [0.1, 0.15) is 47.0 Å². The van der Waals surface area contributed by atoms with Gasteiger partial charge in [0.1, 0.15) is 0 Å². The van der Waals surface area contributed by atoms with Crippen molar-refractivity contribution < 1.29 is 4.79 Å². The van der Waals surface area contributed by atoms with E-state index >= 15 is 0 Å². The molecule has 3 nitrogen and oxygen atoms in total. The zero-order valence-corrected chi connectivity index (χ0v) is 11.1. The third-order valence-electron chi connectivity index (χ3n) is 3.36. The molecule has 1 N–H and O–H groups in total. The highest BCUT2D eigenvalue weighted by atomic mass is 16.2. The molecule has 3 heteroatoms. The van der Waals surface area contributed by atoms with Crippen LogP contribution < -0.4 is 5.32 Å². The van der Waals surface area contributed by atoms with Gasteiger partial charge in [0.2, 0.25) is 5.91 Å². The maximum Gasteiger partial charge on any atom is 0.240 e. The van der Waals surface area contributed by atoms with Gasteiger partial charge in [-0.25, -0.2) is 0 Å². The van der Waals surface area contributed by atoms with E-state index in [0.29, 0.717) is 17.9 Å². The molecule has 0 bridgehead atoms. The van der Waals surface area contributed by atoms with Gasteiger partial charge in [-0.15, -0.1) is 0 Å². The van der Waals surface area contributed by atoms with Crippen LogP contribution in [-0.4, -0.2) is 36.0 Å². The topological polar surface area (TPSA) is 32.3 Å². The minimum Gasteiger partial charge on any atom is -0.339 e. The second-order valence-electron chi connectivity index (χ2n) is 5.27. The number of nitrogens with zero attached hydrogens (tertiary/aromatic N) is 1. The van der Waals surface area contributed by atoms with Crippen LogP contribution in [0.5, 0.6) is 0 Å². The minimum absolute atomic E-state index is 0.0710. The van der Waals surface area contributed by atoms with Crippen LogP contribution in [0.3, 0.4) is 0 Å². The molecule has 2 atom stereocenters. The zero-order valence-electron chi connectivity index (χ0n) is 11.1. The lowest BCUT2D eigenvalue weighted by Gasteiger charge is -2.21. The zero-order chi connectivity index (χ0) is 12.1. The summed E-state index contributed by atoms with van der Waals surface area (Å²) in [5, 5.41) is 3.41. The quantitative estimate of drug-likeness (QED) is 0.751. The van der Waals surface area contributed by atoms with E-state index in [2.05, 4.69) is 33.0 Å². The Kier molecular flexibility index (Phi) is 5.26. The Bertz CT molecular complexity index is 228. The van der Waals surface area contributed by atoms with Crippen molar-refractivity contribution in [1.82, 2.24) is 10.2 Å². The highest BCUT2D eigenvalue weighted by Crippen LogP contribution is 2.15. The van der Waals surface area contributed by atoms with Crippen molar-refractivity contribution in [2.75, 3.05) is 13.1 Å². The Balaban J connectivity index is 2.32. The lowest BCUT2D eigenvalue weighted by atomic mass is 10.1. The smallest absolute Gasteiger partial charge is 0.240 e. The molecule has 0 aliphatic carbocycles. The summed E-state index contributed by atoms with van der Waals surface area (Å²) >= 11 is 0. The summed E-state index contributed by atoms with van der Waals surface area (Å²) in [6, 6.07) is 0.411. The average molecular weight is 226 g/mol. The lowest BCUT2D eigenvalue weighted by molar-refractivity contribution is -0.130. The number of hydrogen-bond donors (Lipinski definition) is 1. The van der Waals surface area contributed by atoms with Crippen LogP contribution in [0, 0.1) is 5.92 Å². The van der Waals surface area contributed by atoms with Gasteiger partial charge in [0.25, 0.3) is 0 Å². The lowest BCUT2D eigenvalue weighted by Crippen LogP contribution is -2.42. The monoisotopic (exact) mass is 226 g/mol. The first-order valence-corrected chi connectivity index (χ1v) is 6.60. The van der Waals surface area contributed by atoms with Crippen molar-refractivity contribution in [3.8, 4) is 0 Å². The van der Waals surface area contributed by atoms with Gasteiger partial charge in [0.15, 0.2) is 0 Å². The van der Waals surface area contributed by atoms with Gasteiger partial charge < -0.3 is 10.2 Å². The molecule has 1 aliphatic heterocycles. The fourth-order valence-corrected chi connectivity index (χ4v) is 2.34. The van der Waals surface area contributed by atoms with Crippen molar-refractivity contribution in [2.24, 2.45) is 5.92 Å². The van der Waals surface area contributed by atoms with E-state index in [0.717, 1.165) is 19.5 Å². The number of likely N-dealkylation sites (tertiary alicyclic amines) is 1. The summed E-state index contributed by atoms with van der Waals surface area (Å²) in [7, 11) is 0. The van der Waals surface area contributed by atoms with Gasteiger partial charge in [-0.1, -0.05) is 20.3 Å². The highest BCUT2D eigenvalue weighted by molar-refractivity contribution is 5.84. The van der Waals surface area contributed by atoms with Crippen LogP contribution in [0.25, 0.3) is 0 Å². The Labute approximate surface area is 99.6 Å². The molecule has 0 saturated carbocycles. The molecule has 1 amide bonds. The molecular formula is C13H26N2O. The summed E-state index contributed by atoms with van der Waals surface area (Å²) in [4.78, 5) is 14.0. The van der Waals surface area contributed by atoms with Gasteiger partial charge in [0, 0.05) is 12.6 Å². The molecule has 16 heavy (non-hydrogen) atoms. The van der Waals surface area contributed by atoms with Crippen molar-refractivity contribution in [3.05, 3.63) is 0 Å². The molecular weight excluding hydrogens is 200 g/mol. The summed E-state index contributed by atoms with van der Waals surface area (Å²) in [5.41, 5.74) is 0. The number of carbonyl (C=O) groups excluding carboxylic acids is 1. The molecule has 1 fully saturated rings. The standard InChI is InChI=1S/C13H26N2O/c1-5-6-11(4)9-14-12-7-8-15(10(2)3)13(12)16/h10-12,14H,5-9H2,1-4H3. The third kappa shape index (κ3) is 3.48. The van der Waals surface area contributed by atoms with Gasteiger partial charge in [0.05, 0.1) is 6.04 Å². The first kappa shape index (κ1) is 13.5. The van der Waals surface area contributed by atoms with Gasteiger partial charge in [-0.05, 0) is 39.2 Å². The Morgan fingerprint density at radius 3 is 2.62 bits per heavy atom. The second-order valence-corrected chi connectivity index (χ2v) is 5.27. The molecule has 1 heterocycles. The first-order valence-electron chi connectivity index (χ1n) is 6.60. The van der Waals surface area contributed by atoms with Crippen LogP contribution >= 0.6 is 0 Å². The average Bonchev–Trinajstić information content (AvgIpc) is 2.57. The predicted octanol–water partition coefficient (Wildman–Crippen LogP) is 2.02. The van der Waals surface area contributed by atoms with Gasteiger partial charge >= 0.3 is 0 Å².